The van der Waals surface area contributed by atoms with Gasteiger partial charge < -0.3 is 9.47 Å². The Balaban J connectivity index is 2.26. The Kier molecular flexibility index (Phi) is 7.01. The van der Waals surface area contributed by atoms with Crippen LogP contribution in [0.2, 0.25) is 5.02 Å². The molecule has 8 heteroatoms. The summed E-state index contributed by atoms with van der Waals surface area (Å²) in [5.41, 5.74) is 0.748. The lowest BCUT2D eigenvalue weighted by Crippen LogP contribution is -2.26. The van der Waals surface area contributed by atoms with Crippen LogP contribution < -0.4 is 4.74 Å². The van der Waals surface area contributed by atoms with Crippen molar-refractivity contribution >= 4 is 27.6 Å². The molecule has 0 saturated heterocycles. The maximum atomic E-state index is 12.9. The third kappa shape index (κ3) is 5.09. The number of rotatable bonds is 8. The zero-order valence-electron chi connectivity index (χ0n) is 15.0. The first-order valence-electron chi connectivity index (χ1n) is 7.96. The van der Waals surface area contributed by atoms with Crippen molar-refractivity contribution in [3.8, 4) is 5.75 Å². The molecule has 144 valence electrons. The van der Waals surface area contributed by atoms with Crippen molar-refractivity contribution in [1.82, 2.24) is 4.31 Å². The van der Waals surface area contributed by atoms with Crippen molar-refractivity contribution in [2.24, 2.45) is 0 Å². The highest BCUT2D eigenvalue weighted by molar-refractivity contribution is 7.89. The van der Waals surface area contributed by atoms with E-state index in [2.05, 4.69) is 11.3 Å². The average Bonchev–Trinajstić information content (AvgIpc) is 2.66. The smallest absolute Gasteiger partial charge is 0.339 e. The molecule has 0 aliphatic rings. The highest BCUT2D eigenvalue weighted by Crippen LogP contribution is 2.24. The van der Waals surface area contributed by atoms with E-state index in [-0.39, 0.29) is 22.0 Å². The number of hydrogen-bond acceptors (Lipinski definition) is 5. The van der Waals surface area contributed by atoms with Gasteiger partial charge in [0.15, 0.2) is 0 Å². The minimum Gasteiger partial charge on any atom is -0.490 e. The molecule has 2 aromatic rings. The lowest BCUT2D eigenvalue weighted by Gasteiger charge is -2.18. The first-order chi connectivity index (χ1) is 12.8. The van der Waals surface area contributed by atoms with Crippen LogP contribution in [0.5, 0.6) is 5.75 Å². The van der Waals surface area contributed by atoms with Gasteiger partial charge >= 0.3 is 5.97 Å². The molecule has 2 aromatic carbocycles. The second-order valence-corrected chi connectivity index (χ2v) is 8.09. The van der Waals surface area contributed by atoms with E-state index < -0.39 is 16.0 Å². The zero-order valence-corrected chi connectivity index (χ0v) is 16.6. The molecule has 0 atom stereocenters. The summed E-state index contributed by atoms with van der Waals surface area (Å²) in [6.07, 6.45) is 1.63. The van der Waals surface area contributed by atoms with Gasteiger partial charge in [0.2, 0.25) is 10.0 Å². The second-order valence-electron chi connectivity index (χ2n) is 5.64. The van der Waals surface area contributed by atoms with Gasteiger partial charge in [-0.1, -0.05) is 36.4 Å². The van der Waals surface area contributed by atoms with Crippen LogP contribution in [-0.2, 0) is 21.3 Å². The maximum Gasteiger partial charge on any atom is 0.339 e. The standard InChI is InChI=1S/C19H20ClNO5S/c1-4-10-26-15-7-5-6-14(11-15)13-21(2)27(23,24)16-8-9-18(20)17(12-16)19(22)25-3/h4-9,11-12H,1,10,13H2,2-3H3. The molecular formula is C19H20ClNO5S. The molecule has 6 nitrogen and oxygen atoms in total. The Labute approximate surface area is 164 Å². The topological polar surface area (TPSA) is 72.9 Å². The van der Waals surface area contributed by atoms with Crippen LogP contribution in [-0.4, -0.2) is 39.5 Å². The van der Waals surface area contributed by atoms with Gasteiger partial charge in [-0.2, -0.15) is 4.31 Å². The summed E-state index contributed by atoms with van der Waals surface area (Å²) in [4.78, 5) is 11.7. The molecule has 0 amide bonds. The van der Waals surface area contributed by atoms with Crippen molar-refractivity contribution in [2.45, 2.75) is 11.4 Å². The molecule has 0 spiro atoms. The number of esters is 1. The highest BCUT2D eigenvalue weighted by atomic mass is 35.5. The van der Waals surface area contributed by atoms with Gasteiger partial charge in [0.1, 0.15) is 12.4 Å². The molecule has 0 fully saturated rings. The Hall–Kier alpha value is -2.35. The van der Waals surface area contributed by atoms with E-state index in [1.165, 1.54) is 36.7 Å². The fourth-order valence-corrected chi connectivity index (χ4v) is 3.72. The number of ether oxygens (including phenoxy) is 2. The Bertz CT molecular complexity index is 943. The molecule has 0 aliphatic heterocycles. The van der Waals surface area contributed by atoms with Crippen molar-refractivity contribution in [1.29, 1.82) is 0 Å². The van der Waals surface area contributed by atoms with Gasteiger partial charge in [0, 0.05) is 13.6 Å². The molecular weight excluding hydrogens is 390 g/mol. The molecule has 2 rings (SSSR count). The van der Waals surface area contributed by atoms with E-state index in [9.17, 15) is 13.2 Å². The number of sulfonamides is 1. The third-order valence-electron chi connectivity index (χ3n) is 3.72. The number of carbonyl (C=O) groups excluding carboxylic acids is 1. The van der Waals surface area contributed by atoms with Crippen molar-refractivity contribution in [3.05, 3.63) is 71.3 Å². The summed E-state index contributed by atoms with van der Waals surface area (Å²) >= 11 is 5.96. The first kappa shape index (κ1) is 21.0. The summed E-state index contributed by atoms with van der Waals surface area (Å²) in [6.45, 7) is 4.08. The van der Waals surface area contributed by atoms with Crippen molar-refractivity contribution in [2.75, 3.05) is 20.8 Å². The van der Waals surface area contributed by atoms with Gasteiger partial charge in [-0.3, -0.25) is 0 Å². The molecule has 0 N–H and O–H groups in total. The average molecular weight is 410 g/mol. The lowest BCUT2D eigenvalue weighted by molar-refractivity contribution is 0.0600. The largest absolute Gasteiger partial charge is 0.490 e. The third-order valence-corrected chi connectivity index (χ3v) is 5.85. The van der Waals surface area contributed by atoms with Crippen LogP contribution in [0, 0.1) is 0 Å². The molecule has 0 radical (unpaired) electrons. The van der Waals surface area contributed by atoms with Crippen LogP contribution in [0.15, 0.2) is 60.0 Å². The summed E-state index contributed by atoms with van der Waals surface area (Å²) < 4.78 is 37.0. The number of halogens is 1. The predicted octanol–water partition coefficient (Wildman–Crippen LogP) is 3.51. The van der Waals surface area contributed by atoms with Crippen molar-refractivity contribution < 1.29 is 22.7 Å². The molecule has 27 heavy (non-hydrogen) atoms. The SMILES string of the molecule is C=CCOc1cccc(CN(C)S(=O)(=O)c2ccc(Cl)c(C(=O)OC)c2)c1. The number of methoxy groups -OCH3 is 1. The van der Waals surface area contributed by atoms with Gasteiger partial charge in [0.25, 0.3) is 0 Å². The molecule has 0 unspecified atom stereocenters. The zero-order chi connectivity index (χ0) is 20.0. The summed E-state index contributed by atoms with van der Waals surface area (Å²) in [7, 11) is -1.18. The minimum absolute atomic E-state index is 0.00605. The van der Waals surface area contributed by atoms with Crippen molar-refractivity contribution in [3.63, 3.8) is 0 Å². The second kappa shape index (κ2) is 9.03. The Morgan fingerprint density at radius 2 is 2.00 bits per heavy atom. The fraction of sp³-hybridized carbons (Fsp3) is 0.211. The molecule has 0 bridgehead atoms. The normalized spacial score (nSPS) is 11.3. The maximum absolute atomic E-state index is 12.9. The van der Waals surface area contributed by atoms with Crippen LogP contribution in [0.4, 0.5) is 0 Å². The van der Waals surface area contributed by atoms with Gasteiger partial charge in [-0.25, -0.2) is 13.2 Å². The first-order valence-corrected chi connectivity index (χ1v) is 9.78. The van der Waals surface area contributed by atoms with Crippen LogP contribution in [0.1, 0.15) is 15.9 Å². The van der Waals surface area contributed by atoms with Crippen LogP contribution in [0.25, 0.3) is 0 Å². The molecule has 0 aliphatic carbocycles. The van der Waals surface area contributed by atoms with Crippen LogP contribution >= 0.6 is 11.6 Å². The van der Waals surface area contributed by atoms with Gasteiger partial charge in [-0.05, 0) is 35.9 Å². The highest BCUT2D eigenvalue weighted by Gasteiger charge is 2.23. The predicted molar refractivity (Wildman–Crippen MR) is 104 cm³/mol. The lowest BCUT2D eigenvalue weighted by atomic mass is 10.2. The summed E-state index contributed by atoms with van der Waals surface area (Å²) in [5.74, 6) is -0.0792. The fourth-order valence-electron chi connectivity index (χ4n) is 2.34. The quantitative estimate of drug-likeness (QED) is 0.492. The molecule has 0 heterocycles. The Morgan fingerprint density at radius 1 is 1.26 bits per heavy atom. The van der Waals surface area contributed by atoms with E-state index in [4.69, 9.17) is 16.3 Å². The number of carbonyl (C=O) groups is 1. The molecule has 0 saturated carbocycles. The van der Waals surface area contributed by atoms with E-state index in [0.29, 0.717) is 12.4 Å². The molecule has 0 aromatic heterocycles. The number of hydrogen-bond donors (Lipinski definition) is 0. The van der Waals surface area contributed by atoms with E-state index >= 15 is 0 Å². The summed E-state index contributed by atoms with van der Waals surface area (Å²) in [5, 5.41) is 0.121. The number of nitrogens with zero attached hydrogens (tertiary/aromatic N) is 1. The van der Waals surface area contributed by atoms with E-state index in [1.807, 2.05) is 0 Å². The van der Waals surface area contributed by atoms with E-state index in [0.717, 1.165) is 5.56 Å². The van der Waals surface area contributed by atoms with Gasteiger partial charge in [-0.15, -0.1) is 0 Å². The van der Waals surface area contributed by atoms with E-state index in [1.54, 1.807) is 30.3 Å². The van der Waals surface area contributed by atoms with Crippen LogP contribution in [0.3, 0.4) is 0 Å². The number of benzene rings is 2. The Morgan fingerprint density at radius 3 is 2.67 bits per heavy atom. The minimum atomic E-state index is -3.84. The summed E-state index contributed by atoms with van der Waals surface area (Å²) in [6, 6.07) is 11.0. The van der Waals surface area contributed by atoms with Gasteiger partial charge in [0.05, 0.1) is 22.6 Å². The monoisotopic (exact) mass is 409 g/mol.